The van der Waals surface area contributed by atoms with Gasteiger partial charge in [0.25, 0.3) is 0 Å². The molecule has 12 rings (SSSR count). The van der Waals surface area contributed by atoms with Crippen molar-refractivity contribution in [3.8, 4) is 33.4 Å². The maximum atomic E-state index is 6.94. The molecule has 0 spiro atoms. The average molecular weight is 776 g/mol. The molecule has 9 aromatic carbocycles. The van der Waals surface area contributed by atoms with E-state index in [2.05, 4.69) is 205 Å². The first-order valence-electron chi connectivity index (χ1n) is 19.6. The van der Waals surface area contributed by atoms with Gasteiger partial charge in [0.05, 0.1) is 22.4 Å². The first kappa shape index (κ1) is 33.2. The summed E-state index contributed by atoms with van der Waals surface area (Å²) in [4.78, 5) is 2.58. The van der Waals surface area contributed by atoms with Crippen LogP contribution in [0.3, 0.4) is 0 Å². The van der Waals surface area contributed by atoms with Crippen molar-refractivity contribution in [3.63, 3.8) is 0 Å². The van der Waals surface area contributed by atoms with Crippen molar-refractivity contribution in [2.45, 2.75) is 0 Å². The summed E-state index contributed by atoms with van der Waals surface area (Å²) in [5.74, 6) is 0. The summed E-state index contributed by atoms with van der Waals surface area (Å²) in [6.45, 7) is 0. The number of benzene rings is 9. The Morgan fingerprint density at radius 3 is 1.69 bits per heavy atom. The van der Waals surface area contributed by atoms with Gasteiger partial charge in [-0.05, 0) is 64.7 Å². The normalized spacial score (nSPS) is 11.8. The molecule has 0 radical (unpaired) electrons. The number of nitrogens with zero attached hydrogens (tertiary/aromatic N) is 1. The van der Waals surface area contributed by atoms with Crippen molar-refractivity contribution in [1.82, 2.24) is 0 Å². The Bertz CT molecular complexity index is 3510. The molecule has 0 saturated heterocycles. The monoisotopic (exact) mass is 775 g/mol. The van der Waals surface area contributed by atoms with E-state index in [1.165, 1.54) is 62.6 Å². The number of anilines is 3. The minimum atomic E-state index is 0.872. The molecule has 0 fully saturated rings. The number of fused-ring (bicyclic) bond motifs is 9. The van der Waals surface area contributed by atoms with E-state index in [4.69, 9.17) is 4.42 Å². The molecule has 3 aromatic heterocycles. The molecule has 0 aliphatic carbocycles. The van der Waals surface area contributed by atoms with Crippen LogP contribution in [0.2, 0.25) is 0 Å². The maximum absolute atomic E-state index is 6.94. The van der Waals surface area contributed by atoms with E-state index in [0.717, 1.165) is 50.1 Å². The molecule has 12 aromatic rings. The van der Waals surface area contributed by atoms with Crippen molar-refractivity contribution in [2.24, 2.45) is 0 Å². The Kier molecular flexibility index (Phi) is 7.62. The number of furan rings is 1. The maximum Gasteiger partial charge on any atom is 0.145 e. The summed E-state index contributed by atoms with van der Waals surface area (Å²) in [6.07, 6.45) is 0. The Balaban J connectivity index is 1.29. The van der Waals surface area contributed by atoms with Crippen LogP contribution in [0.1, 0.15) is 0 Å². The standard InChI is InChI=1S/C54H33NOS2/c1-4-16-34(17-5-1)37-31-33-48-51(42-25-14-24-39(54(42)58-48)36-20-8-3-9-21-36)52(37)55(43-26-15-29-47-49(43)41-23-11-13-28-46(41)57-47)44-32-30-38(35-18-6-2-7-19-35)53-50(44)40-22-10-12-27-45(40)56-53/h1-33H. The first-order chi connectivity index (χ1) is 28.8. The van der Waals surface area contributed by atoms with Crippen molar-refractivity contribution >= 4 is 102 Å². The molecule has 0 amide bonds. The summed E-state index contributed by atoms with van der Waals surface area (Å²) in [5, 5.41) is 7.17. The summed E-state index contributed by atoms with van der Waals surface area (Å²) >= 11 is 3.74. The smallest absolute Gasteiger partial charge is 0.145 e. The zero-order valence-electron chi connectivity index (χ0n) is 31.2. The van der Waals surface area contributed by atoms with E-state index in [0.29, 0.717) is 0 Å². The van der Waals surface area contributed by atoms with Crippen LogP contribution in [-0.2, 0) is 0 Å². The topological polar surface area (TPSA) is 16.4 Å². The van der Waals surface area contributed by atoms with Gasteiger partial charge in [0, 0.05) is 56.9 Å². The highest BCUT2D eigenvalue weighted by Gasteiger charge is 2.29. The van der Waals surface area contributed by atoms with E-state index in [1.54, 1.807) is 0 Å². The quantitative estimate of drug-likeness (QED) is 0.167. The molecular weight excluding hydrogens is 743 g/mol. The fourth-order valence-corrected chi connectivity index (χ4v) is 11.3. The van der Waals surface area contributed by atoms with Gasteiger partial charge in [-0.25, -0.2) is 0 Å². The molecule has 272 valence electrons. The molecular formula is C54H33NOS2. The molecule has 2 nitrogen and oxygen atoms in total. The number of hydrogen-bond donors (Lipinski definition) is 0. The van der Waals surface area contributed by atoms with Crippen LogP contribution in [-0.4, -0.2) is 0 Å². The molecule has 4 heteroatoms. The predicted octanol–water partition coefficient (Wildman–Crippen LogP) is 16.8. The van der Waals surface area contributed by atoms with E-state index >= 15 is 0 Å². The Hall–Kier alpha value is -6.98. The van der Waals surface area contributed by atoms with Crippen molar-refractivity contribution in [3.05, 3.63) is 200 Å². The fraction of sp³-hybridized carbons (Fsp3) is 0. The highest BCUT2D eigenvalue weighted by atomic mass is 32.1. The lowest BCUT2D eigenvalue weighted by atomic mass is 9.95. The zero-order chi connectivity index (χ0) is 38.2. The van der Waals surface area contributed by atoms with Gasteiger partial charge < -0.3 is 9.32 Å². The van der Waals surface area contributed by atoms with E-state index in [1.807, 2.05) is 22.7 Å². The minimum Gasteiger partial charge on any atom is -0.455 e. The Morgan fingerprint density at radius 2 is 0.914 bits per heavy atom. The second-order valence-corrected chi connectivity index (χ2v) is 16.9. The fourth-order valence-electron chi connectivity index (χ4n) is 8.95. The highest BCUT2D eigenvalue weighted by molar-refractivity contribution is 7.26. The molecule has 0 bridgehead atoms. The van der Waals surface area contributed by atoms with E-state index < -0.39 is 0 Å². The summed E-state index contributed by atoms with van der Waals surface area (Å²) in [7, 11) is 0. The van der Waals surface area contributed by atoms with Crippen molar-refractivity contribution < 1.29 is 4.42 Å². The van der Waals surface area contributed by atoms with Gasteiger partial charge in [-0.1, -0.05) is 158 Å². The van der Waals surface area contributed by atoms with Crippen LogP contribution in [0.5, 0.6) is 0 Å². The first-order valence-corrected chi connectivity index (χ1v) is 21.2. The van der Waals surface area contributed by atoms with Crippen LogP contribution < -0.4 is 4.90 Å². The number of thiophene rings is 2. The predicted molar refractivity (Wildman–Crippen MR) is 250 cm³/mol. The highest BCUT2D eigenvalue weighted by Crippen LogP contribution is 2.55. The van der Waals surface area contributed by atoms with Gasteiger partial charge in [0.15, 0.2) is 0 Å². The van der Waals surface area contributed by atoms with Crippen LogP contribution in [0.4, 0.5) is 17.1 Å². The van der Waals surface area contributed by atoms with Gasteiger partial charge in [-0.2, -0.15) is 0 Å². The van der Waals surface area contributed by atoms with Crippen LogP contribution in [0.15, 0.2) is 205 Å². The van der Waals surface area contributed by atoms with E-state index in [-0.39, 0.29) is 0 Å². The average Bonchev–Trinajstić information content (AvgIpc) is 4.00. The Labute approximate surface area is 343 Å². The van der Waals surface area contributed by atoms with Crippen molar-refractivity contribution in [1.29, 1.82) is 0 Å². The molecule has 0 unspecified atom stereocenters. The molecule has 0 aliphatic heterocycles. The molecule has 58 heavy (non-hydrogen) atoms. The SMILES string of the molecule is c1ccc(-c2ccc3sc4c(-c5ccccc5)cccc4c3c2N(c2cccc3sc4ccccc4c23)c2ccc(-c3ccccc3)c3oc4ccccc4c23)cc1. The summed E-state index contributed by atoms with van der Waals surface area (Å²) < 4.78 is 12.0. The third-order valence-corrected chi connectivity index (χ3v) is 13.8. The summed E-state index contributed by atoms with van der Waals surface area (Å²) in [5.41, 5.74) is 12.1. The minimum absolute atomic E-state index is 0.872. The third kappa shape index (κ3) is 5.09. The molecule has 0 N–H and O–H groups in total. The van der Waals surface area contributed by atoms with Gasteiger partial charge in [0.1, 0.15) is 11.2 Å². The Morgan fingerprint density at radius 1 is 0.345 bits per heavy atom. The van der Waals surface area contributed by atoms with Crippen LogP contribution >= 0.6 is 22.7 Å². The van der Waals surface area contributed by atoms with Crippen LogP contribution in [0.25, 0.3) is 95.7 Å². The van der Waals surface area contributed by atoms with Crippen molar-refractivity contribution in [2.75, 3.05) is 4.90 Å². The zero-order valence-corrected chi connectivity index (χ0v) is 32.9. The van der Waals surface area contributed by atoms with E-state index in [9.17, 15) is 0 Å². The third-order valence-electron chi connectivity index (χ3n) is 11.5. The second-order valence-electron chi connectivity index (χ2n) is 14.7. The lowest BCUT2D eigenvalue weighted by Gasteiger charge is -2.30. The number of hydrogen-bond acceptors (Lipinski definition) is 4. The number of para-hydroxylation sites is 1. The molecule has 0 saturated carbocycles. The lowest BCUT2D eigenvalue weighted by Crippen LogP contribution is -2.12. The lowest BCUT2D eigenvalue weighted by molar-refractivity contribution is 0.670. The summed E-state index contributed by atoms with van der Waals surface area (Å²) in [6, 6.07) is 72.6. The molecule has 0 atom stereocenters. The van der Waals surface area contributed by atoms with Crippen LogP contribution in [0, 0.1) is 0 Å². The van der Waals surface area contributed by atoms with Gasteiger partial charge in [0.2, 0.25) is 0 Å². The van der Waals surface area contributed by atoms with Gasteiger partial charge >= 0.3 is 0 Å². The number of rotatable bonds is 6. The molecule has 0 aliphatic rings. The van der Waals surface area contributed by atoms with Gasteiger partial charge in [-0.3, -0.25) is 0 Å². The molecule has 3 heterocycles. The second kappa shape index (κ2) is 13.3. The van der Waals surface area contributed by atoms with Gasteiger partial charge in [-0.15, -0.1) is 22.7 Å². The largest absolute Gasteiger partial charge is 0.455 e.